The predicted molar refractivity (Wildman–Crippen MR) is 112 cm³/mol. The van der Waals surface area contributed by atoms with Crippen molar-refractivity contribution in [1.82, 2.24) is 24.5 Å². The van der Waals surface area contributed by atoms with Crippen LogP contribution < -0.4 is 9.80 Å². The summed E-state index contributed by atoms with van der Waals surface area (Å²) in [5.41, 5.74) is 1.78. The number of piperazine rings is 1. The quantitative estimate of drug-likeness (QED) is 0.721. The van der Waals surface area contributed by atoms with Crippen molar-refractivity contribution in [3.63, 3.8) is 0 Å². The second-order valence-corrected chi connectivity index (χ2v) is 8.10. The topological polar surface area (TPSA) is 87.6 Å². The lowest BCUT2D eigenvalue weighted by molar-refractivity contribution is 0.0750. The highest BCUT2D eigenvalue weighted by molar-refractivity contribution is 7.08. The number of amides is 1. The van der Waals surface area contributed by atoms with E-state index in [-0.39, 0.29) is 5.91 Å². The van der Waals surface area contributed by atoms with E-state index in [0.29, 0.717) is 31.2 Å². The van der Waals surface area contributed by atoms with Crippen molar-refractivity contribution < 1.29 is 9.53 Å². The van der Waals surface area contributed by atoms with Crippen LogP contribution in [0.3, 0.4) is 0 Å². The number of ether oxygens (including phenoxy) is 1. The number of carbonyl (C=O) groups is 1. The van der Waals surface area contributed by atoms with Gasteiger partial charge in [-0.2, -0.15) is 4.98 Å². The molecule has 1 amide bonds. The van der Waals surface area contributed by atoms with Crippen LogP contribution in [0.25, 0.3) is 0 Å². The minimum atomic E-state index is 0.0518. The summed E-state index contributed by atoms with van der Waals surface area (Å²) in [7, 11) is 0. The Bertz CT molecular complexity index is 845. The molecule has 2 saturated heterocycles. The lowest BCUT2D eigenvalue weighted by Crippen LogP contribution is -2.49. The maximum atomic E-state index is 12.9. The number of anilines is 2. The van der Waals surface area contributed by atoms with Crippen LogP contribution in [0, 0.1) is 6.92 Å². The Balaban J connectivity index is 1.42. The molecule has 0 unspecified atom stereocenters. The maximum absolute atomic E-state index is 12.9. The number of carbonyl (C=O) groups excluding carboxylic acids is 1. The number of aryl methyl sites for hydroxylation is 2. The average Bonchev–Trinajstić information content (AvgIpc) is 3.22. The molecule has 0 spiro atoms. The third-order valence-electron chi connectivity index (χ3n) is 5.25. The number of rotatable bonds is 5. The summed E-state index contributed by atoms with van der Waals surface area (Å²) in [4.78, 5) is 29.3. The zero-order valence-electron chi connectivity index (χ0n) is 17.0. The summed E-state index contributed by atoms with van der Waals surface area (Å²) in [6.45, 7) is 9.96. The number of hydrogen-bond donors (Lipinski definition) is 0. The molecule has 4 rings (SSSR count). The monoisotopic (exact) mass is 417 g/mol. The lowest BCUT2D eigenvalue weighted by atomic mass is 10.2. The van der Waals surface area contributed by atoms with Crippen LogP contribution in [-0.2, 0) is 11.2 Å². The van der Waals surface area contributed by atoms with Gasteiger partial charge in [-0.25, -0.2) is 4.98 Å². The molecular weight excluding hydrogens is 390 g/mol. The van der Waals surface area contributed by atoms with Crippen LogP contribution in [0.2, 0.25) is 0 Å². The largest absolute Gasteiger partial charge is 0.378 e. The number of aromatic nitrogens is 4. The van der Waals surface area contributed by atoms with E-state index in [1.54, 1.807) is 0 Å². The van der Waals surface area contributed by atoms with Crippen molar-refractivity contribution in [1.29, 1.82) is 0 Å². The van der Waals surface area contributed by atoms with Gasteiger partial charge in [-0.1, -0.05) is 17.8 Å². The van der Waals surface area contributed by atoms with Gasteiger partial charge in [0.15, 0.2) is 0 Å². The summed E-state index contributed by atoms with van der Waals surface area (Å²) in [5.74, 6) is 1.75. The van der Waals surface area contributed by atoms with E-state index in [0.717, 1.165) is 62.2 Å². The fourth-order valence-corrected chi connectivity index (χ4v) is 4.33. The third kappa shape index (κ3) is 4.48. The van der Waals surface area contributed by atoms with Gasteiger partial charge >= 0.3 is 0 Å². The molecule has 2 aromatic rings. The van der Waals surface area contributed by atoms with Crippen LogP contribution >= 0.6 is 11.5 Å². The molecule has 2 aliphatic rings. The fourth-order valence-electron chi connectivity index (χ4n) is 3.66. The van der Waals surface area contributed by atoms with Crippen molar-refractivity contribution in [2.45, 2.75) is 26.7 Å². The average molecular weight is 418 g/mol. The van der Waals surface area contributed by atoms with Crippen LogP contribution in [0.4, 0.5) is 11.8 Å². The first kappa shape index (κ1) is 20.0. The predicted octanol–water partition coefficient (Wildman–Crippen LogP) is 1.39. The molecule has 0 atom stereocenters. The van der Waals surface area contributed by atoms with Gasteiger partial charge in [-0.3, -0.25) is 4.79 Å². The molecule has 0 aromatic carbocycles. The molecule has 0 bridgehead atoms. The van der Waals surface area contributed by atoms with Crippen LogP contribution in [0.1, 0.15) is 34.4 Å². The summed E-state index contributed by atoms with van der Waals surface area (Å²) >= 11 is 1.21. The van der Waals surface area contributed by atoms with E-state index in [1.165, 1.54) is 11.5 Å². The highest BCUT2D eigenvalue weighted by Crippen LogP contribution is 2.21. The Kier molecular flexibility index (Phi) is 6.19. The molecule has 156 valence electrons. The highest BCUT2D eigenvalue weighted by Gasteiger charge is 2.27. The first-order valence-corrected chi connectivity index (χ1v) is 11.0. The molecule has 2 fully saturated rings. The first-order valence-electron chi connectivity index (χ1n) is 10.2. The van der Waals surface area contributed by atoms with Crippen molar-refractivity contribution in [2.75, 3.05) is 62.3 Å². The SMILES string of the molecule is CCCc1nnsc1C(=O)N1CCN(c2cc(C)nc(N3CCOCC3)n2)CC1. The van der Waals surface area contributed by atoms with Crippen LogP contribution in [0.5, 0.6) is 0 Å². The lowest BCUT2D eigenvalue weighted by Gasteiger charge is -2.36. The van der Waals surface area contributed by atoms with Crippen molar-refractivity contribution >= 4 is 29.2 Å². The summed E-state index contributed by atoms with van der Waals surface area (Å²) < 4.78 is 9.42. The summed E-state index contributed by atoms with van der Waals surface area (Å²) in [6, 6.07) is 2.02. The summed E-state index contributed by atoms with van der Waals surface area (Å²) in [6.07, 6.45) is 1.75. The van der Waals surface area contributed by atoms with E-state index in [4.69, 9.17) is 9.72 Å². The minimum Gasteiger partial charge on any atom is -0.378 e. The maximum Gasteiger partial charge on any atom is 0.267 e. The Hall–Kier alpha value is -2.33. The van der Waals surface area contributed by atoms with Gasteiger partial charge in [0.05, 0.1) is 18.9 Å². The molecule has 29 heavy (non-hydrogen) atoms. The Morgan fingerprint density at radius 1 is 1.10 bits per heavy atom. The first-order chi connectivity index (χ1) is 14.2. The number of nitrogens with zero attached hydrogens (tertiary/aromatic N) is 7. The van der Waals surface area contributed by atoms with Gasteiger partial charge in [0.1, 0.15) is 10.7 Å². The van der Waals surface area contributed by atoms with E-state index < -0.39 is 0 Å². The van der Waals surface area contributed by atoms with Gasteiger partial charge in [-0.05, 0) is 24.9 Å². The molecule has 2 aliphatic heterocycles. The van der Waals surface area contributed by atoms with Gasteiger partial charge in [0.2, 0.25) is 5.95 Å². The molecule has 9 nitrogen and oxygen atoms in total. The molecule has 0 radical (unpaired) electrons. The second kappa shape index (κ2) is 9.00. The highest BCUT2D eigenvalue weighted by atomic mass is 32.1. The van der Waals surface area contributed by atoms with Crippen molar-refractivity contribution in [3.05, 3.63) is 22.3 Å². The van der Waals surface area contributed by atoms with Gasteiger partial charge in [0, 0.05) is 51.0 Å². The zero-order chi connectivity index (χ0) is 20.2. The fraction of sp³-hybridized carbons (Fsp3) is 0.632. The molecule has 0 N–H and O–H groups in total. The zero-order valence-corrected chi connectivity index (χ0v) is 17.8. The van der Waals surface area contributed by atoms with Gasteiger partial charge in [0.25, 0.3) is 5.91 Å². The van der Waals surface area contributed by atoms with Gasteiger partial charge in [-0.15, -0.1) is 5.10 Å². The normalized spacial score (nSPS) is 17.7. The van der Waals surface area contributed by atoms with E-state index in [2.05, 4.69) is 31.3 Å². The second-order valence-electron chi connectivity index (χ2n) is 7.34. The van der Waals surface area contributed by atoms with Crippen LogP contribution in [0.15, 0.2) is 6.07 Å². The minimum absolute atomic E-state index is 0.0518. The smallest absolute Gasteiger partial charge is 0.267 e. The molecule has 10 heteroatoms. The van der Waals surface area contributed by atoms with E-state index in [1.807, 2.05) is 17.9 Å². The van der Waals surface area contributed by atoms with E-state index >= 15 is 0 Å². The van der Waals surface area contributed by atoms with Gasteiger partial charge < -0.3 is 19.4 Å². The molecular formula is C19H27N7O2S. The molecule has 0 saturated carbocycles. The molecule has 4 heterocycles. The number of morpholine rings is 1. The van der Waals surface area contributed by atoms with Crippen molar-refractivity contribution in [3.8, 4) is 0 Å². The molecule has 0 aliphatic carbocycles. The van der Waals surface area contributed by atoms with E-state index in [9.17, 15) is 4.79 Å². The standard InChI is InChI=1S/C19H27N7O2S/c1-3-4-15-17(29-23-22-15)18(27)25-7-5-24(6-8-25)16-13-14(2)20-19(21-16)26-9-11-28-12-10-26/h13H,3-12H2,1-2H3. The summed E-state index contributed by atoms with van der Waals surface area (Å²) in [5, 5.41) is 4.13. The van der Waals surface area contributed by atoms with Crippen molar-refractivity contribution in [2.24, 2.45) is 0 Å². The molecule has 2 aromatic heterocycles. The Labute approximate surface area is 174 Å². The third-order valence-corrected chi connectivity index (χ3v) is 6.01. The Morgan fingerprint density at radius 3 is 2.59 bits per heavy atom. The van der Waals surface area contributed by atoms with Crippen LogP contribution in [-0.4, -0.2) is 82.8 Å². The Morgan fingerprint density at radius 2 is 1.86 bits per heavy atom. The number of hydrogen-bond acceptors (Lipinski definition) is 9.